The van der Waals surface area contributed by atoms with Gasteiger partial charge in [0.25, 0.3) is 0 Å². The molecule has 1 saturated heterocycles. The van der Waals surface area contributed by atoms with Crippen molar-refractivity contribution in [2.45, 2.75) is 109 Å². The van der Waals surface area contributed by atoms with Crippen LogP contribution in [0.15, 0.2) is 30.3 Å². The summed E-state index contributed by atoms with van der Waals surface area (Å²) in [5.74, 6) is 0. The number of rotatable bonds is 14. The highest BCUT2D eigenvalue weighted by atomic mass is 16.5. The third-order valence-corrected chi connectivity index (χ3v) is 5.50. The maximum absolute atomic E-state index is 10.2. The van der Waals surface area contributed by atoms with Gasteiger partial charge in [-0.1, -0.05) is 95.0 Å². The zero-order chi connectivity index (χ0) is 19.2. The smallest absolute Gasteiger partial charge is 0.0837 e. The highest BCUT2D eigenvalue weighted by molar-refractivity contribution is 5.13. The van der Waals surface area contributed by atoms with Gasteiger partial charge in [-0.05, 0) is 18.4 Å². The molecular weight excluding hydrogens is 336 g/mol. The molecule has 0 spiro atoms. The molecule has 27 heavy (non-hydrogen) atoms. The lowest BCUT2D eigenvalue weighted by Crippen LogP contribution is -2.38. The summed E-state index contributed by atoms with van der Waals surface area (Å²) in [5, 5.41) is 10.2. The van der Waals surface area contributed by atoms with Gasteiger partial charge < -0.3 is 14.6 Å². The van der Waals surface area contributed by atoms with Gasteiger partial charge in [0.15, 0.2) is 0 Å². The van der Waals surface area contributed by atoms with E-state index < -0.39 is 0 Å². The molecule has 0 bridgehead atoms. The zero-order valence-electron chi connectivity index (χ0n) is 17.3. The first kappa shape index (κ1) is 22.4. The molecule has 0 unspecified atom stereocenters. The standard InChI is InChI=1S/C24H40O3/c1-2-3-4-5-6-7-8-9-13-16-23-17-22(25)18-24(27-23)20-26-19-21-14-11-10-12-15-21/h10-12,14-15,22-25H,2-9,13,16-20H2,1H3/t22-,23+,24+/m0/s1. The summed E-state index contributed by atoms with van der Waals surface area (Å²) in [7, 11) is 0. The molecule has 0 radical (unpaired) electrons. The molecule has 1 N–H and O–H groups in total. The van der Waals surface area contributed by atoms with Crippen molar-refractivity contribution < 1.29 is 14.6 Å². The van der Waals surface area contributed by atoms with Gasteiger partial charge in [0, 0.05) is 6.42 Å². The quantitative estimate of drug-likeness (QED) is 0.403. The van der Waals surface area contributed by atoms with Crippen molar-refractivity contribution in [3.63, 3.8) is 0 Å². The Morgan fingerprint density at radius 3 is 2.22 bits per heavy atom. The molecule has 2 rings (SSSR count). The van der Waals surface area contributed by atoms with E-state index >= 15 is 0 Å². The summed E-state index contributed by atoms with van der Waals surface area (Å²) in [5.41, 5.74) is 1.18. The number of unbranched alkanes of at least 4 members (excludes halogenated alkanes) is 8. The second-order valence-electron chi connectivity index (χ2n) is 8.12. The van der Waals surface area contributed by atoms with Crippen LogP contribution in [0.25, 0.3) is 0 Å². The number of hydrogen-bond acceptors (Lipinski definition) is 3. The van der Waals surface area contributed by atoms with Crippen LogP contribution in [-0.2, 0) is 16.1 Å². The van der Waals surface area contributed by atoms with Crippen molar-refractivity contribution in [3.8, 4) is 0 Å². The van der Waals surface area contributed by atoms with E-state index in [2.05, 4.69) is 19.1 Å². The number of hydrogen-bond donors (Lipinski definition) is 1. The van der Waals surface area contributed by atoms with Crippen molar-refractivity contribution in [1.82, 2.24) is 0 Å². The number of aliphatic hydroxyl groups is 1. The Morgan fingerprint density at radius 2 is 1.52 bits per heavy atom. The second-order valence-corrected chi connectivity index (χ2v) is 8.12. The van der Waals surface area contributed by atoms with Crippen molar-refractivity contribution in [3.05, 3.63) is 35.9 Å². The molecule has 1 aliphatic heterocycles. The highest BCUT2D eigenvalue weighted by Crippen LogP contribution is 2.24. The minimum atomic E-state index is -0.243. The van der Waals surface area contributed by atoms with Gasteiger partial charge in [-0.15, -0.1) is 0 Å². The largest absolute Gasteiger partial charge is 0.393 e. The van der Waals surface area contributed by atoms with Crippen LogP contribution in [0, 0.1) is 0 Å². The summed E-state index contributed by atoms with van der Waals surface area (Å²) < 4.78 is 12.0. The lowest BCUT2D eigenvalue weighted by molar-refractivity contribution is -0.125. The van der Waals surface area contributed by atoms with E-state index in [0.29, 0.717) is 19.6 Å². The van der Waals surface area contributed by atoms with E-state index in [1.54, 1.807) is 0 Å². The van der Waals surface area contributed by atoms with Gasteiger partial charge in [0.2, 0.25) is 0 Å². The molecule has 0 saturated carbocycles. The zero-order valence-corrected chi connectivity index (χ0v) is 17.3. The first-order valence-corrected chi connectivity index (χ1v) is 11.2. The molecule has 1 aromatic carbocycles. The maximum atomic E-state index is 10.2. The van der Waals surface area contributed by atoms with Gasteiger partial charge in [-0.25, -0.2) is 0 Å². The molecule has 1 aromatic rings. The SMILES string of the molecule is CCCCCCCCCCC[C@@H]1C[C@H](O)C[C@H](COCc2ccccc2)O1. The Hall–Kier alpha value is -0.900. The third-order valence-electron chi connectivity index (χ3n) is 5.50. The average Bonchev–Trinajstić information content (AvgIpc) is 2.67. The predicted molar refractivity (Wildman–Crippen MR) is 112 cm³/mol. The molecule has 1 heterocycles. The summed E-state index contributed by atoms with van der Waals surface area (Å²) >= 11 is 0. The fourth-order valence-electron chi connectivity index (χ4n) is 3.94. The van der Waals surface area contributed by atoms with Crippen LogP contribution in [0.1, 0.15) is 89.5 Å². The van der Waals surface area contributed by atoms with E-state index in [0.717, 1.165) is 12.8 Å². The van der Waals surface area contributed by atoms with E-state index in [1.807, 2.05) is 18.2 Å². The highest BCUT2D eigenvalue weighted by Gasteiger charge is 2.28. The van der Waals surface area contributed by atoms with Crippen molar-refractivity contribution >= 4 is 0 Å². The minimum Gasteiger partial charge on any atom is -0.393 e. The van der Waals surface area contributed by atoms with E-state index in [4.69, 9.17) is 9.47 Å². The fraction of sp³-hybridized carbons (Fsp3) is 0.750. The van der Waals surface area contributed by atoms with Gasteiger partial charge >= 0.3 is 0 Å². The number of benzene rings is 1. The second kappa shape index (κ2) is 14.1. The van der Waals surface area contributed by atoms with Gasteiger partial charge in [-0.2, -0.15) is 0 Å². The lowest BCUT2D eigenvalue weighted by atomic mass is 9.97. The lowest BCUT2D eigenvalue weighted by Gasteiger charge is -2.33. The predicted octanol–water partition coefficient (Wildman–Crippen LogP) is 6.03. The Morgan fingerprint density at radius 1 is 0.889 bits per heavy atom. The van der Waals surface area contributed by atoms with Crippen LogP contribution in [0.5, 0.6) is 0 Å². The Balaban J connectivity index is 1.52. The molecule has 3 heteroatoms. The summed E-state index contributed by atoms with van der Waals surface area (Å²) in [6.45, 7) is 3.45. The van der Waals surface area contributed by atoms with Gasteiger partial charge in [0.05, 0.1) is 31.5 Å². The Bertz CT molecular complexity index is 462. The van der Waals surface area contributed by atoms with Crippen LogP contribution in [0.3, 0.4) is 0 Å². The summed E-state index contributed by atoms with van der Waals surface area (Å²) in [4.78, 5) is 0. The van der Waals surface area contributed by atoms with Crippen LogP contribution >= 0.6 is 0 Å². The van der Waals surface area contributed by atoms with E-state index in [9.17, 15) is 5.11 Å². The van der Waals surface area contributed by atoms with Crippen molar-refractivity contribution in [2.24, 2.45) is 0 Å². The third kappa shape index (κ3) is 10.3. The number of aliphatic hydroxyl groups excluding tert-OH is 1. The summed E-state index contributed by atoms with van der Waals surface area (Å²) in [6, 6.07) is 10.2. The molecular formula is C24H40O3. The molecule has 3 atom stereocenters. The molecule has 154 valence electrons. The maximum Gasteiger partial charge on any atom is 0.0837 e. The van der Waals surface area contributed by atoms with E-state index in [-0.39, 0.29) is 18.3 Å². The molecule has 0 aromatic heterocycles. The van der Waals surface area contributed by atoms with Crippen LogP contribution in [-0.4, -0.2) is 30.0 Å². The monoisotopic (exact) mass is 376 g/mol. The van der Waals surface area contributed by atoms with Gasteiger partial charge in [-0.3, -0.25) is 0 Å². The molecule has 1 fully saturated rings. The van der Waals surface area contributed by atoms with E-state index in [1.165, 1.54) is 63.4 Å². The normalized spacial score (nSPS) is 22.8. The van der Waals surface area contributed by atoms with Crippen LogP contribution in [0.2, 0.25) is 0 Å². The average molecular weight is 377 g/mol. The van der Waals surface area contributed by atoms with Crippen LogP contribution in [0.4, 0.5) is 0 Å². The molecule has 1 aliphatic rings. The van der Waals surface area contributed by atoms with Gasteiger partial charge in [0.1, 0.15) is 0 Å². The Labute approximate surface area is 166 Å². The topological polar surface area (TPSA) is 38.7 Å². The summed E-state index contributed by atoms with van der Waals surface area (Å²) in [6.07, 6.45) is 14.6. The molecule has 0 aliphatic carbocycles. The molecule has 0 amide bonds. The van der Waals surface area contributed by atoms with Crippen molar-refractivity contribution in [2.75, 3.05) is 6.61 Å². The first-order chi connectivity index (χ1) is 13.3. The van der Waals surface area contributed by atoms with Crippen molar-refractivity contribution in [1.29, 1.82) is 0 Å². The fourth-order valence-corrected chi connectivity index (χ4v) is 3.94. The number of ether oxygens (including phenoxy) is 2. The minimum absolute atomic E-state index is 0.0287. The molecule has 3 nitrogen and oxygen atoms in total. The Kier molecular flexibility index (Phi) is 11.7. The first-order valence-electron chi connectivity index (χ1n) is 11.2. The van der Waals surface area contributed by atoms with Crippen LogP contribution < -0.4 is 0 Å².